The van der Waals surface area contributed by atoms with Gasteiger partial charge in [0.1, 0.15) is 5.82 Å². The number of hydrogen-bond donors (Lipinski definition) is 1. The van der Waals surface area contributed by atoms with Crippen molar-refractivity contribution in [3.8, 4) is 0 Å². The van der Waals surface area contributed by atoms with Crippen LogP contribution in [0.3, 0.4) is 0 Å². The van der Waals surface area contributed by atoms with Crippen LogP contribution in [0.5, 0.6) is 0 Å². The number of amides is 1. The topological polar surface area (TPSA) is 46.9 Å². The van der Waals surface area contributed by atoms with E-state index in [2.05, 4.69) is 42.3 Å². The highest BCUT2D eigenvalue weighted by Gasteiger charge is 2.20. The van der Waals surface area contributed by atoms with Crippen molar-refractivity contribution in [1.29, 1.82) is 0 Å². The van der Waals surface area contributed by atoms with Crippen molar-refractivity contribution < 1.29 is 9.18 Å². The van der Waals surface area contributed by atoms with Gasteiger partial charge in [-0.25, -0.2) is 4.39 Å². The minimum atomic E-state index is -0.391. The summed E-state index contributed by atoms with van der Waals surface area (Å²) in [7, 11) is 0. The number of rotatable bonds is 3. The zero-order valence-electron chi connectivity index (χ0n) is 11.8. The van der Waals surface area contributed by atoms with Gasteiger partial charge in [-0.3, -0.25) is 9.48 Å². The molecule has 1 aromatic heterocycles. The van der Waals surface area contributed by atoms with Gasteiger partial charge < -0.3 is 5.32 Å². The third-order valence-electron chi connectivity index (χ3n) is 3.15. The summed E-state index contributed by atoms with van der Waals surface area (Å²) in [5.74, 6) is -0.657. The number of benzene rings is 1. The fourth-order valence-corrected chi connectivity index (χ4v) is 3.50. The van der Waals surface area contributed by atoms with E-state index in [-0.39, 0.29) is 5.91 Å². The van der Waals surface area contributed by atoms with Crippen molar-refractivity contribution in [2.45, 2.75) is 27.3 Å². The Morgan fingerprint density at radius 1 is 1.33 bits per heavy atom. The molecule has 0 fully saturated rings. The summed E-state index contributed by atoms with van der Waals surface area (Å²) >= 11 is 6.50. The maximum absolute atomic E-state index is 13.3. The first-order chi connectivity index (χ1) is 9.85. The van der Waals surface area contributed by atoms with Crippen LogP contribution in [0.15, 0.2) is 21.1 Å². The number of hydrogen-bond acceptors (Lipinski definition) is 2. The second kappa shape index (κ2) is 6.27. The molecular weight excluding hydrogens is 405 g/mol. The van der Waals surface area contributed by atoms with Gasteiger partial charge in [0.15, 0.2) is 0 Å². The van der Waals surface area contributed by atoms with Crippen LogP contribution in [-0.4, -0.2) is 15.7 Å². The standard InChI is InChI=1S/C14H14Br2FN3O/c1-4-20-8(3)12(7(2)19-20)14(21)18-13-10(15)5-9(17)6-11(13)16/h5-6H,4H2,1-3H3,(H,18,21). The quantitative estimate of drug-likeness (QED) is 0.800. The molecule has 2 aromatic rings. The van der Waals surface area contributed by atoms with Crippen molar-refractivity contribution in [1.82, 2.24) is 9.78 Å². The Morgan fingerprint density at radius 3 is 2.38 bits per heavy atom. The molecule has 0 spiro atoms. The molecule has 0 atom stereocenters. The van der Waals surface area contributed by atoms with Crippen LogP contribution in [0.25, 0.3) is 0 Å². The van der Waals surface area contributed by atoms with Gasteiger partial charge in [0.05, 0.1) is 16.9 Å². The smallest absolute Gasteiger partial charge is 0.259 e. The fraction of sp³-hybridized carbons (Fsp3) is 0.286. The molecule has 1 aromatic carbocycles. The van der Waals surface area contributed by atoms with Crippen molar-refractivity contribution in [2.75, 3.05) is 5.32 Å². The first kappa shape index (κ1) is 16.2. The van der Waals surface area contributed by atoms with Gasteiger partial charge in [0.25, 0.3) is 5.91 Å². The lowest BCUT2D eigenvalue weighted by atomic mass is 10.2. The molecule has 7 heteroatoms. The maximum Gasteiger partial charge on any atom is 0.259 e. The molecule has 0 saturated carbocycles. The normalized spacial score (nSPS) is 10.8. The first-order valence-corrected chi connectivity index (χ1v) is 7.93. The van der Waals surface area contributed by atoms with E-state index in [9.17, 15) is 9.18 Å². The molecule has 0 unspecified atom stereocenters. The summed E-state index contributed by atoms with van der Waals surface area (Å²) in [4.78, 5) is 12.5. The molecule has 0 aliphatic heterocycles. The minimum Gasteiger partial charge on any atom is -0.320 e. The van der Waals surface area contributed by atoms with Gasteiger partial charge in [0.2, 0.25) is 0 Å². The average Bonchev–Trinajstić information content (AvgIpc) is 2.68. The summed E-state index contributed by atoms with van der Waals surface area (Å²) in [6, 6.07) is 2.60. The third-order valence-corrected chi connectivity index (χ3v) is 4.40. The Morgan fingerprint density at radius 2 is 1.90 bits per heavy atom. The van der Waals surface area contributed by atoms with Gasteiger partial charge in [-0.05, 0) is 64.8 Å². The van der Waals surface area contributed by atoms with Crippen molar-refractivity contribution >= 4 is 43.5 Å². The molecule has 0 bridgehead atoms. The molecular formula is C14H14Br2FN3O. The second-order valence-electron chi connectivity index (χ2n) is 4.56. The van der Waals surface area contributed by atoms with Crippen LogP contribution >= 0.6 is 31.9 Å². The highest BCUT2D eigenvalue weighted by atomic mass is 79.9. The molecule has 0 radical (unpaired) electrons. The van der Waals surface area contributed by atoms with Crippen molar-refractivity contribution in [3.63, 3.8) is 0 Å². The van der Waals surface area contributed by atoms with Crippen molar-refractivity contribution in [3.05, 3.63) is 43.8 Å². The van der Waals surface area contributed by atoms with E-state index in [4.69, 9.17) is 0 Å². The SMILES string of the molecule is CCn1nc(C)c(C(=O)Nc2c(Br)cc(F)cc2Br)c1C. The van der Waals surface area contributed by atoms with Gasteiger partial charge in [-0.15, -0.1) is 0 Å². The van der Waals surface area contributed by atoms with Crippen LogP contribution in [-0.2, 0) is 6.54 Å². The highest BCUT2D eigenvalue weighted by Crippen LogP contribution is 2.32. The molecule has 1 amide bonds. The van der Waals surface area contributed by atoms with Crippen LogP contribution in [0.2, 0.25) is 0 Å². The van der Waals surface area contributed by atoms with E-state index in [0.717, 1.165) is 5.69 Å². The third kappa shape index (κ3) is 3.18. The van der Waals surface area contributed by atoms with Crippen LogP contribution in [0.1, 0.15) is 28.7 Å². The molecule has 1 N–H and O–H groups in total. The van der Waals surface area contributed by atoms with Gasteiger partial charge >= 0.3 is 0 Å². The van der Waals surface area contributed by atoms with E-state index >= 15 is 0 Å². The molecule has 2 rings (SSSR count). The number of carbonyl (C=O) groups excluding carboxylic acids is 1. The Balaban J connectivity index is 2.37. The molecule has 112 valence electrons. The molecule has 0 aliphatic rings. The zero-order valence-corrected chi connectivity index (χ0v) is 15.0. The number of anilines is 1. The van der Waals surface area contributed by atoms with E-state index in [1.54, 1.807) is 11.6 Å². The lowest BCUT2D eigenvalue weighted by Gasteiger charge is -2.10. The minimum absolute atomic E-state index is 0.266. The van der Waals surface area contributed by atoms with Gasteiger partial charge in [-0.1, -0.05) is 0 Å². The summed E-state index contributed by atoms with van der Waals surface area (Å²) in [5, 5.41) is 7.11. The van der Waals surface area contributed by atoms with Gasteiger partial charge in [-0.2, -0.15) is 5.10 Å². The number of carbonyl (C=O) groups is 1. The Labute approximate surface area is 139 Å². The first-order valence-electron chi connectivity index (χ1n) is 6.35. The maximum atomic E-state index is 13.3. The number of aryl methyl sites for hydroxylation is 2. The largest absolute Gasteiger partial charge is 0.320 e. The van der Waals surface area contributed by atoms with E-state index in [1.165, 1.54) is 12.1 Å². The Hall–Kier alpha value is -1.21. The molecule has 1 heterocycles. The summed E-state index contributed by atoms with van der Waals surface area (Å²) < 4.78 is 16.0. The Bertz CT molecular complexity index is 689. The number of nitrogens with one attached hydrogen (secondary N) is 1. The fourth-order valence-electron chi connectivity index (χ4n) is 2.17. The predicted octanol–water partition coefficient (Wildman–Crippen LogP) is 4.44. The Kier molecular flexibility index (Phi) is 4.83. The second-order valence-corrected chi connectivity index (χ2v) is 6.27. The summed E-state index contributed by atoms with van der Waals surface area (Å²) in [6.45, 7) is 6.31. The predicted molar refractivity (Wildman–Crippen MR) is 87.1 cm³/mol. The lowest BCUT2D eigenvalue weighted by Crippen LogP contribution is -2.15. The molecule has 0 saturated heterocycles. The number of nitrogens with zero attached hydrogens (tertiary/aromatic N) is 2. The van der Waals surface area contributed by atoms with Crippen LogP contribution in [0, 0.1) is 19.7 Å². The summed E-state index contributed by atoms with van der Waals surface area (Å²) in [5.41, 5.74) is 2.51. The molecule has 21 heavy (non-hydrogen) atoms. The molecule has 0 aliphatic carbocycles. The van der Waals surface area contributed by atoms with E-state index in [0.29, 0.717) is 32.4 Å². The number of aromatic nitrogens is 2. The van der Waals surface area contributed by atoms with Crippen molar-refractivity contribution in [2.24, 2.45) is 0 Å². The van der Waals surface area contributed by atoms with E-state index in [1.807, 2.05) is 13.8 Å². The van der Waals surface area contributed by atoms with E-state index < -0.39 is 5.82 Å². The summed E-state index contributed by atoms with van der Waals surface area (Å²) in [6.07, 6.45) is 0. The molecule has 4 nitrogen and oxygen atoms in total. The van der Waals surface area contributed by atoms with Crippen LogP contribution < -0.4 is 5.32 Å². The monoisotopic (exact) mass is 417 g/mol. The van der Waals surface area contributed by atoms with Gasteiger partial charge in [0, 0.05) is 21.2 Å². The average molecular weight is 419 g/mol. The number of halogens is 3. The van der Waals surface area contributed by atoms with Crippen LogP contribution in [0.4, 0.5) is 10.1 Å². The lowest BCUT2D eigenvalue weighted by molar-refractivity contribution is 0.102. The highest BCUT2D eigenvalue weighted by molar-refractivity contribution is 9.11. The zero-order chi connectivity index (χ0) is 15.7.